The minimum atomic E-state index is -4.69. The monoisotopic (exact) mass is 493 g/mol. The van der Waals surface area contributed by atoms with Gasteiger partial charge in [0.15, 0.2) is 11.5 Å². The molecule has 7 nitrogen and oxygen atoms in total. The Balaban J connectivity index is 1.24. The van der Waals surface area contributed by atoms with E-state index in [1.54, 1.807) is 26.4 Å². The maximum atomic E-state index is 13.0. The van der Waals surface area contributed by atoms with Crippen LogP contribution < -0.4 is 14.2 Å². The Bertz CT molecular complexity index is 1020. The molecule has 1 saturated heterocycles. The van der Waals surface area contributed by atoms with Gasteiger partial charge < -0.3 is 19.1 Å². The third kappa shape index (κ3) is 6.58. The molecule has 2 aromatic rings. The molecule has 2 aliphatic heterocycles. The number of methoxy groups -OCH3 is 2. The zero-order valence-corrected chi connectivity index (χ0v) is 19.9. The molecule has 0 spiro atoms. The first kappa shape index (κ1) is 25.1. The van der Waals surface area contributed by atoms with Crippen LogP contribution in [0.3, 0.4) is 0 Å². The standard InChI is InChI=1S/C25H30F3N3O4/c1-33-22-13-19-7-8-31(16-20(19)14-23(22)34-2)24(32)17-30-11-9-29(10-12-30)15-18-3-5-21(6-4-18)35-25(26,27)28/h3-6,13-14H,7-12,15-17H2,1-2H3. The molecule has 35 heavy (non-hydrogen) atoms. The second-order valence-electron chi connectivity index (χ2n) is 8.79. The normalized spacial score (nSPS) is 17.1. The van der Waals surface area contributed by atoms with Crippen molar-refractivity contribution >= 4 is 5.91 Å². The lowest BCUT2D eigenvalue weighted by Crippen LogP contribution is -2.50. The molecule has 0 radical (unpaired) electrons. The lowest BCUT2D eigenvalue weighted by atomic mass is 9.98. The number of benzene rings is 2. The number of piperazine rings is 1. The summed E-state index contributed by atoms with van der Waals surface area (Å²) in [5, 5.41) is 0. The fourth-order valence-electron chi connectivity index (χ4n) is 4.55. The minimum absolute atomic E-state index is 0.110. The number of carbonyl (C=O) groups is 1. The van der Waals surface area contributed by atoms with Crippen LogP contribution in [0.2, 0.25) is 0 Å². The SMILES string of the molecule is COc1cc2c(cc1OC)CN(C(=O)CN1CCN(Cc3ccc(OC(F)(F)F)cc3)CC1)CC2. The molecule has 4 rings (SSSR count). The maximum Gasteiger partial charge on any atom is 0.573 e. The summed E-state index contributed by atoms with van der Waals surface area (Å²) in [5.74, 6) is 1.26. The van der Waals surface area contributed by atoms with E-state index < -0.39 is 6.36 Å². The highest BCUT2D eigenvalue weighted by molar-refractivity contribution is 5.78. The van der Waals surface area contributed by atoms with E-state index in [0.29, 0.717) is 37.7 Å². The second-order valence-corrected chi connectivity index (χ2v) is 8.79. The molecule has 0 saturated carbocycles. The van der Waals surface area contributed by atoms with E-state index in [4.69, 9.17) is 9.47 Å². The molecule has 1 amide bonds. The van der Waals surface area contributed by atoms with Gasteiger partial charge in [-0.3, -0.25) is 14.6 Å². The number of hydrogen-bond acceptors (Lipinski definition) is 6. The van der Waals surface area contributed by atoms with E-state index >= 15 is 0 Å². The van der Waals surface area contributed by atoms with Crippen LogP contribution >= 0.6 is 0 Å². The Hall–Kier alpha value is -2.98. The summed E-state index contributed by atoms with van der Waals surface area (Å²) in [4.78, 5) is 19.3. The van der Waals surface area contributed by atoms with Gasteiger partial charge >= 0.3 is 6.36 Å². The Labute approximate surface area is 202 Å². The van der Waals surface area contributed by atoms with Crippen molar-refractivity contribution in [1.82, 2.24) is 14.7 Å². The van der Waals surface area contributed by atoms with Gasteiger partial charge in [-0.1, -0.05) is 12.1 Å². The first-order valence-corrected chi connectivity index (χ1v) is 11.5. The summed E-state index contributed by atoms with van der Waals surface area (Å²) < 4.78 is 51.6. The summed E-state index contributed by atoms with van der Waals surface area (Å²) in [6.45, 7) is 5.34. The van der Waals surface area contributed by atoms with Gasteiger partial charge in [-0.15, -0.1) is 13.2 Å². The molecule has 0 unspecified atom stereocenters. The van der Waals surface area contributed by atoms with Crippen LogP contribution in [-0.4, -0.2) is 80.5 Å². The largest absolute Gasteiger partial charge is 0.573 e. The number of carbonyl (C=O) groups excluding carboxylic acids is 1. The Kier molecular flexibility index (Phi) is 7.71. The third-order valence-electron chi connectivity index (χ3n) is 6.46. The number of nitrogens with zero attached hydrogens (tertiary/aromatic N) is 3. The van der Waals surface area contributed by atoms with Gasteiger partial charge in [-0.05, 0) is 47.4 Å². The molecule has 0 bridgehead atoms. The lowest BCUT2D eigenvalue weighted by Gasteiger charge is -2.36. The van der Waals surface area contributed by atoms with Gasteiger partial charge in [0, 0.05) is 45.8 Å². The van der Waals surface area contributed by atoms with Crippen LogP contribution in [-0.2, 0) is 24.3 Å². The minimum Gasteiger partial charge on any atom is -0.493 e. The third-order valence-corrected chi connectivity index (χ3v) is 6.46. The van der Waals surface area contributed by atoms with Crippen molar-refractivity contribution in [3.05, 3.63) is 53.1 Å². The van der Waals surface area contributed by atoms with Gasteiger partial charge in [-0.2, -0.15) is 0 Å². The van der Waals surface area contributed by atoms with Crippen molar-refractivity contribution in [3.63, 3.8) is 0 Å². The molecule has 0 aromatic heterocycles. The highest BCUT2D eigenvalue weighted by Gasteiger charge is 2.31. The molecule has 2 heterocycles. The number of rotatable bonds is 7. The average molecular weight is 494 g/mol. The van der Waals surface area contributed by atoms with Crippen LogP contribution in [0.4, 0.5) is 13.2 Å². The lowest BCUT2D eigenvalue weighted by molar-refractivity contribution is -0.274. The van der Waals surface area contributed by atoms with E-state index in [9.17, 15) is 18.0 Å². The summed E-state index contributed by atoms with van der Waals surface area (Å²) in [5.41, 5.74) is 3.18. The average Bonchev–Trinajstić information content (AvgIpc) is 2.84. The van der Waals surface area contributed by atoms with Crippen molar-refractivity contribution in [3.8, 4) is 17.2 Å². The predicted octanol–water partition coefficient (Wildman–Crippen LogP) is 3.30. The second kappa shape index (κ2) is 10.7. The zero-order valence-electron chi connectivity index (χ0n) is 19.9. The molecule has 0 aliphatic carbocycles. The Morgan fingerprint density at radius 2 is 1.49 bits per heavy atom. The van der Waals surface area contributed by atoms with Crippen molar-refractivity contribution in [1.29, 1.82) is 0 Å². The van der Waals surface area contributed by atoms with Gasteiger partial charge in [0.2, 0.25) is 5.91 Å². The van der Waals surface area contributed by atoms with E-state index in [0.717, 1.165) is 43.7 Å². The molecule has 0 atom stereocenters. The first-order valence-electron chi connectivity index (χ1n) is 11.5. The van der Waals surface area contributed by atoms with Gasteiger partial charge in [0.05, 0.1) is 20.8 Å². The zero-order chi connectivity index (χ0) is 25.0. The number of halogens is 3. The van der Waals surface area contributed by atoms with E-state index in [1.165, 1.54) is 17.7 Å². The van der Waals surface area contributed by atoms with Crippen LogP contribution in [0.15, 0.2) is 36.4 Å². The predicted molar refractivity (Wildman–Crippen MR) is 124 cm³/mol. The van der Waals surface area contributed by atoms with Gasteiger partial charge in [-0.25, -0.2) is 0 Å². The highest BCUT2D eigenvalue weighted by atomic mass is 19.4. The van der Waals surface area contributed by atoms with Crippen molar-refractivity contribution in [2.75, 3.05) is 53.5 Å². The van der Waals surface area contributed by atoms with Crippen LogP contribution in [0.5, 0.6) is 17.2 Å². The van der Waals surface area contributed by atoms with Gasteiger partial charge in [0.1, 0.15) is 5.75 Å². The Morgan fingerprint density at radius 3 is 2.09 bits per heavy atom. The first-order chi connectivity index (χ1) is 16.7. The summed E-state index contributed by atoms with van der Waals surface area (Å²) in [7, 11) is 3.22. The molecule has 1 fully saturated rings. The van der Waals surface area contributed by atoms with E-state index in [1.807, 2.05) is 17.0 Å². The fraction of sp³-hybridized carbons (Fsp3) is 0.480. The summed E-state index contributed by atoms with van der Waals surface area (Å²) in [6, 6.07) is 9.91. The van der Waals surface area contributed by atoms with Gasteiger partial charge in [0.25, 0.3) is 0 Å². The molecule has 2 aromatic carbocycles. The molecule has 10 heteroatoms. The number of fused-ring (bicyclic) bond motifs is 1. The van der Waals surface area contributed by atoms with Crippen LogP contribution in [0, 0.1) is 0 Å². The van der Waals surface area contributed by atoms with Crippen LogP contribution in [0.1, 0.15) is 16.7 Å². The number of amides is 1. The molecule has 0 N–H and O–H groups in total. The highest BCUT2D eigenvalue weighted by Crippen LogP contribution is 2.33. The van der Waals surface area contributed by atoms with Crippen molar-refractivity contribution in [2.24, 2.45) is 0 Å². The van der Waals surface area contributed by atoms with Crippen LogP contribution in [0.25, 0.3) is 0 Å². The van der Waals surface area contributed by atoms with Crippen molar-refractivity contribution in [2.45, 2.75) is 25.9 Å². The van der Waals surface area contributed by atoms with E-state index in [2.05, 4.69) is 14.5 Å². The smallest absolute Gasteiger partial charge is 0.493 e. The number of ether oxygens (including phenoxy) is 3. The molecule has 190 valence electrons. The molecular formula is C25H30F3N3O4. The number of alkyl halides is 3. The van der Waals surface area contributed by atoms with E-state index in [-0.39, 0.29) is 11.7 Å². The molecule has 2 aliphatic rings. The fourth-order valence-corrected chi connectivity index (χ4v) is 4.55. The quantitative estimate of drug-likeness (QED) is 0.590. The number of hydrogen-bond donors (Lipinski definition) is 0. The summed E-state index contributed by atoms with van der Waals surface area (Å²) in [6.07, 6.45) is -3.91. The summed E-state index contributed by atoms with van der Waals surface area (Å²) >= 11 is 0. The topological polar surface area (TPSA) is 54.5 Å². The maximum absolute atomic E-state index is 13.0. The molecular weight excluding hydrogens is 463 g/mol. The Morgan fingerprint density at radius 1 is 0.886 bits per heavy atom. The van der Waals surface area contributed by atoms with Crippen molar-refractivity contribution < 1.29 is 32.2 Å².